The number of rotatable bonds is 5. The maximum Gasteiger partial charge on any atom is 0.340 e. The molecule has 3 aromatic rings. The Morgan fingerprint density at radius 2 is 1.84 bits per heavy atom. The summed E-state index contributed by atoms with van der Waals surface area (Å²) in [7, 11) is 1.86. The minimum absolute atomic E-state index is 0.282. The van der Waals surface area contributed by atoms with Crippen molar-refractivity contribution in [2.45, 2.75) is 6.54 Å². The molecule has 0 aliphatic rings. The van der Waals surface area contributed by atoms with Crippen LogP contribution in [0.2, 0.25) is 5.02 Å². The van der Waals surface area contributed by atoms with Crippen LogP contribution in [0.25, 0.3) is 10.9 Å². The Bertz CT molecular complexity index is 933. The molecule has 1 aromatic heterocycles. The van der Waals surface area contributed by atoms with E-state index >= 15 is 0 Å². The monoisotopic (exact) mass is 356 g/mol. The third-order valence-electron chi connectivity index (χ3n) is 3.89. The third-order valence-corrected chi connectivity index (χ3v) is 4.25. The van der Waals surface area contributed by atoms with Crippen LogP contribution in [0.15, 0.2) is 54.7 Å². The molecule has 128 valence electrons. The lowest BCUT2D eigenvalue weighted by molar-refractivity contribution is -0.124. The Morgan fingerprint density at radius 1 is 1.12 bits per heavy atom. The number of benzene rings is 2. The summed E-state index contributed by atoms with van der Waals surface area (Å²) in [5.74, 6) is -0.904. The molecular formula is C19H17ClN2O3. The Labute approximate surface area is 150 Å². The summed E-state index contributed by atoms with van der Waals surface area (Å²) in [5, 5.41) is 4.06. The lowest BCUT2D eigenvalue weighted by Gasteiger charge is -2.07. The fourth-order valence-corrected chi connectivity index (χ4v) is 2.80. The zero-order chi connectivity index (χ0) is 17.8. The highest BCUT2D eigenvalue weighted by molar-refractivity contribution is 6.31. The number of hydrogen-bond acceptors (Lipinski definition) is 3. The van der Waals surface area contributed by atoms with Crippen molar-refractivity contribution < 1.29 is 14.3 Å². The van der Waals surface area contributed by atoms with Crippen molar-refractivity contribution in [2.75, 3.05) is 6.61 Å². The quantitative estimate of drug-likeness (QED) is 0.713. The number of carbonyl (C=O) groups excluding carboxylic acids is 2. The average Bonchev–Trinajstić information content (AvgIpc) is 2.96. The second-order valence-corrected chi connectivity index (χ2v) is 6.02. The third kappa shape index (κ3) is 3.83. The summed E-state index contributed by atoms with van der Waals surface area (Å²) in [6.45, 7) is -0.0587. The van der Waals surface area contributed by atoms with Crippen LogP contribution in [-0.2, 0) is 23.1 Å². The predicted octanol–water partition coefficient (Wildman–Crippen LogP) is 3.30. The fourth-order valence-electron chi connectivity index (χ4n) is 2.60. The summed E-state index contributed by atoms with van der Waals surface area (Å²) >= 11 is 6.03. The lowest BCUT2D eigenvalue weighted by atomic mass is 10.2. The lowest BCUT2D eigenvalue weighted by Crippen LogP contribution is -2.28. The van der Waals surface area contributed by atoms with Gasteiger partial charge in [0.05, 0.1) is 5.56 Å². The molecule has 5 nitrogen and oxygen atoms in total. The topological polar surface area (TPSA) is 60.3 Å². The maximum absolute atomic E-state index is 12.3. The van der Waals surface area contributed by atoms with Gasteiger partial charge in [0.1, 0.15) is 0 Å². The van der Waals surface area contributed by atoms with E-state index in [1.165, 1.54) is 0 Å². The first-order chi connectivity index (χ1) is 12.1. The number of carbonyl (C=O) groups is 2. The number of esters is 1. The number of halogens is 1. The van der Waals surface area contributed by atoms with Gasteiger partial charge in [-0.1, -0.05) is 48.0 Å². The smallest absolute Gasteiger partial charge is 0.340 e. The minimum Gasteiger partial charge on any atom is -0.452 e. The fraction of sp³-hybridized carbons (Fsp3) is 0.158. The van der Waals surface area contributed by atoms with Crippen molar-refractivity contribution in [3.05, 3.63) is 70.9 Å². The number of para-hydroxylation sites is 1. The van der Waals surface area contributed by atoms with Gasteiger partial charge in [-0.25, -0.2) is 4.79 Å². The number of amides is 1. The molecule has 1 N–H and O–H groups in total. The van der Waals surface area contributed by atoms with E-state index in [1.54, 1.807) is 12.3 Å². The minimum atomic E-state index is -0.523. The van der Waals surface area contributed by atoms with E-state index in [4.69, 9.17) is 16.3 Å². The number of aryl methyl sites for hydroxylation is 1. The first-order valence-corrected chi connectivity index (χ1v) is 8.15. The summed E-state index contributed by atoms with van der Waals surface area (Å²) in [4.78, 5) is 24.2. The number of ether oxygens (including phenoxy) is 1. The molecular weight excluding hydrogens is 340 g/mol. The first-order valence-electron chi connectivity index (χ1n) is 7.77. The van der Waals surface area contributed by atoms with Crippen LogP contribution in [0.3, 0.4) is 0 Å². The van der Waals surface area contributed by atoms with Crippen LogP contribution in [0.5, 0.6) is 0 Å². The van der Waals surface area contributed by atoms with E-state index in [-0.39, 0.29) is 19.1 Å². The van der Waals surface area contributed by atoms with Gasteiger partial charge in [-0.3, -0.25) is 4.79 Å². The molecule has 0 radical (unpaired) electrons. The van der Waals surface area contributed by atoms with Crippen molar-refractivity contribution in [1.82, 2.24) is 9.88 Å². The van der Waals surface area contributed by atoms with Gasteiger partial charge in [-0.05, 0) is 17.7 Å². The summed E-state index contributed by atoms with van der Waals surface area (Å²) < 4.78 is 6.98. The average molecular weight is 357 g/mol. The van der Waals surface area contributed by atoms with Gasteiger partial charge in [-0.2, -0.15) is 0 Å². The molecule has 0 aliphatic carbocycles. The first kappa shape index (κ1) is 17.0. The Kier molecular flexibility index (Phi) is 5.05. The van der Waals surface area contributed by atoms with Crippen LogP contribution in [0.4, 0.5) is 0 Å². The second kappa shape index (κ2) is 7.40. The molecule has 0 saturated carbocycles. The van der Waals surface area contributed by atoms with Crippen molar-refractivity contribution in [3.8, 4) is 0 Å². The van der Waals surface area contributed by atoms with Crippen LogP contribution in [0, 0.1) is 0 Å². The molecule has 0 atom stereocenters. The standard InChI is InChI=1S/C19H17ClN2O3/c1-22-11-15(14-7-3-5-9-17(14)22)19(24)25-12-18(23)21-10-13-6-2-4-8-16(13)20/h2-9,11H,10,12H2,1H3,(H,21,23). The number of nitrogens with one attached hydrogen (secondary N) is 1. The predicted molar refractivity (Wildman–Crippen MR) is 96.5 cm³/mol. The van der Waals surface area contributed by atoms with E-state index in [0.29, 0.717) is 10.6 Å². The van der Waals surface area contributed by atoms with Crippen LogP contribution >= 0.6 is 11.6 Å². The number of aromatic nitrogens is 1. The van der Waals surface area contributed by atoms with Crippen LogP contribution in [-0.4, -0.2) is 23.1 Å². The molecule has 1 amide bonds. The molecule has 1 heterocycles. The highest BCUT2D eigenvalue weighted by Gasteiger charge is 2.16. The molecule has 0 fully saturated rings. The number of fused-ring (bicyclic) bond motifs is 1. The van der Waals surface area contributed by atoms with Crippen molar-refractivity contribution in [3.63, 3.8) is 0 Å². The molecule has 2 aromatic carbocycles. The second-order valence-electron chi connectivity index (χ2n) is 5.62. The van der Waals surface area contributed by atoms with E-state index in [2.05, 4.69) is 5.32 Å². The van der Waals surface area contributed by atoms with Gasteiger partial charge in [0.25, 0.3) is 5.91 Å². The van der Waals surface area contributed by atoms with Crippen molar-refractivity contribution in [1.29, 1.82) is 0 Å². The molecule has 0 spiro atoms. The van der Waals surface area contributed by atoms with E-state index in [0.717, 1.165) is 16.5 Å². The Balaban J connectivity index is 1.58. The van der Waals surface area contributed by atoms with Gasteiger partial charge in [-0.15, -0.1) is 0 Å². The van der Waals surface area contributed by atoms with Gasteiger partial charge in [0.15, 0.2) is 6.61 Å². The van der Waals surface area contributed by atoms with Crippen molar-refractivity contribution >= 4 is 34.4 Å². The maximum atomic E-state index is 12.3. The SMILES string of the molecule is Cn1cc(C(=O)OCC(=O)NCc2ccccc2Cl)c2ccccc21. The zero-order valence-corrected chi connectivity index (χ0v) is 14.4. The highest BCUT2D eigenvalue weighted by atomic mass is 35.5. The molecule has 0 saturated heterocycles. The van der Waals surface area contributed by atoms with Gasteiger partial charge in [0, 0.05) is 35.7 Å². The summed E-state index contributed by atoms with van der Waals surface area (Å²) in [6.07, 6.45) is 1.70. The van der Waals surface area contributed by atoms with E-state index < -0.39 is 5.97 Å². The van der Waals surface area contributed by atoms with E-state index in [9.17, 15) is 9.59 Å². The molecule has 3 rings (SSSR count). The van der Waals surface area contributed by atoms with Gasteiger partial charge in [0.2, 0.25) is 0 Å². The molecule has 6 heteroatoms. The Hall–Kier alpha value is -2.79. The van der Waals surface area contributed by atoms with Crippen LogP contribution in [0.1, 0.15) is 15.9 Å². The van der Waals surface area contributed by atoms with Crippen molar-refractivity contribution in [2.24, 2.45) is 7.05 Å². The molecule has 25 heavy (non-hydrogen) atoms. The number of hydrogen-bond donors (Lipinski definition) is 1. The largest absolute Gasteiger partial charge is 0.452 e. The highest BCUT2D eigenvalue weighted by Crippen LogP contribution is 2.21. The van der Waals surface area contributed by atoms with E-state index in [1.807, 2.05) is 54.1 Å². The summed E-state index contributed by atoms with van der Waals surface area (Å²) in [6, 6.07) is 14.8. The van der Waals surface area contributed by atoms with Gasteiger partial charge < -0.3 is 14.6 Å². The normalized spacial score (nSPS) is 10.6. The molecule has 0 bridgehead atoms. The Morgan fingerprint density at radius 3 is 2.64 bits per heavy atom. The van der Waals surface area contributed by atoms with Crippen LogP contribution < -0.4 is 5.32 Å². The summed E-state index contributed by atoms with van der Waals surface area (Å²) in [5.41, 5.74) is 2.17. The molecule has 0 aliphatic heterocycles. The molecule has 0 unspecified atom stereocenters. The number of nitrogens with zero attached hydrogens (tertiary/aromatic N) is 1. The zero-order valence-electron chi connectivity index (χ0n) is 13.7. The van der Waals surface area contributed by atoms with Gasteiger partial charge >= 0.3 is 5.97 Å².